The number of carbonyl (C=O) groups excluding carboxylic acids is 1. The van der Waals surface area contributed by atoms with Gasteiger partial charge in [-0.3, -0.25) is 4.90 Å². The van der Waals surface area contributed by atoms with Crippen molar-refractivity contribution in [2.45, 2.75) is 78.2 Å². The Balaban J connectivity index is 1.13. The molecule has 3 N–H and O–H groups in total. The predicted octanol–water partition coefficient (Wildman–Crippen LogP) is 6.14. The van der Waals surface area contributed by atoms with Gasteiger partial charge in [0.2, 0.25) is 0 Å². The maximum absolute atomic E-state index is 15.2. The van der Waals surface area contributed by atoms with Crippen molar-refractivity contribution in [3.63, 3.8) is 0 Å². The molecule has 0 radical (unpaired) electrons. The number of benzene rings is 2. The minimum atomic E-state index is -0.587. The predicted molar refractivity (Wildman–Crippen MR) is 160 cm³/mol. The minimum Gasteiger partial charge on any atom is -0.444 e. The van der Waals surface area contributed by atoms with Gasteiger partial charge < -0.3 is 20.0 Å². The lowest BCUT2D eigenvalue weighted by atomic mass is 10.1. The van der Waals surface area contributed by atoms with Gasteiger partial charge in [-0.1, -0.05) is 25.7 Å². The van der Waals surface area contributed by atoms with Crippen LogP contribution in [0.15, 0.2) is 42.6 Å². The van der Waals surface area contributed by atoms with E-state index < -0.39 is 11.4 Å². The monoisotopic (exact) mass is 568 g/mol. The van der Waals surface area contributed by atoms with Gasteiger partial charge in [-0.15, -0.1) is 0 Å². The fourth-order valence-corrected chi connectivity index (χ4v) is 5.13. The van der Waals surface area contributed by atoms with Gasteiger partial charge in [0.25, 0.3) is 0 Å². The van der Waals surface area contributed by atoms with Crippen molar-refractivity contribution in [2.24, 2.45) is 11.8 Å². The summed E-state index contributed by atoms with van der Waals surface area (Å²) in [6, 6.07) is 11.5. The Labute approximate surface area is 245 Å². The number of ether oxygens (including phenoxy) is 1. The van der Waals surface area contributed by atoms with Crippen LogP contribution in [0.25, 0.3) is 22.3 Å². The third-order valence-electron chi connectivity index (χ3n) is 7.83. The highest BCUT2D eigenvalue weighted by molar-refractivity contribution is 5.77. The van der Waals surface area contributed by atoms with E-state index in [-0.39, 0.29) is 18.7 Å². The van der Waals surface area contributed by atoms with Crippen molar-refractivity contribution in [3.8, 4) is 23.1 Å². The quantitative estimate of drug-likeness (QED) is 0.233. The van der Waals surface area contributed by atoms with Gasteiger partial charge in [0.1, 0.15) is 23.1 Å². The first-order valence-corrected chi connectivity index (χ1v) is 14.6. The zero-order valence-corrected chi connectivity index (χ0v) is 24.7. The van der Waals surface area contributed by atoms with E-state index in [1.165, 1.54) is 12.5 Å². The summed E-state index contributed by atoms with van der Waals surface area (Å²) in [5.74, 6) is 8.45. The third-order valence-corrected chi connectivity index (χ3v) is 7.83. The number of hydrogen-bond donors (Lipinski definition) is 3. The fourth-order valence-electron chi connectivity index (χ4n) is 5.13. The highest BCUT2D eigenvalue weighted by Gasteiger charge is 2.42. The SMILES string of the molecule is CC1CC1NCc1nc2ccc(C#Cc3ccc(-c4cnc(CN(C(=O)OC(C)(C)C)[C@@H]5CC5C)[nH]4)c(F)c3)cc2[nH]1. The summed E-state index contributed by atoms with van der Waals surface area (Å²) in [5.41, 5.74) is 3.57. The molecule has 2 aromatic carbocycles. The van der Waals surface area contributed by atoms with Crippen molar-refractivity contribution in [1.29, 1.82) is 0 Å². The first-order chi connectivity index (χ1) is 20.0. The minimum absolute atomic E-state index is 0.118. The van der Waals surface area contributed by atoms with E-state index in [2.05, 4.69) is 50.9 Å². The summed E-state index contributed by atoms with van der Waals surface area (Å²) in [6.45, 7) is 10.9. The van der Waals surface area contributed by atoms with Crippen LogP contribution in [-0.4, -0.2) is 48.6 Å². The number of rotatable bonds is 7. The number of aromatic nitrogens is 4. The molecule has 3 unspecified atom stereocenters. The summed E-state index contributed by atoms with van der Waals surface area (Å²) in [4.78, 5) is 30.2. The Kier molecular flexibility index (Phi) is 7.27. The number of nitrogens with zero attached hydrogens (tertiary/aromatic N) is 3. The fraction of sp³-hybridized carbons (Fsp3) is 0.424. The molecule has 2 aliphatic carbocycles. The Morgan fingerprint density at radius 1 is 1.07 bits per heavy atom. The van der Waals surface area contributed by atoms with Crippen LogP contribution >= 0.6 is 0 Å². The van der Waals surface area contributed by atoms with Crippen LogP contribution in [0.5, 0.6) is 0 Å². The van der Waals surface area contributed by atoms with Crippen molar-refractivity contribution >= 4 is 17.1 Å². The smallest absolute Gasteiger partial charge is 0.410 e. The molecule has 2 fully saturated rings. The molecule has 2 aromatic heterocycles. The highest BCUT2D eigenvalue weighted by Crippen LogP contribution is 2.37. The number of H-pyrrole nitrogens is 2. The van der Waals surface area contributed by atoms with Gasteiger partial charge in [-0.2, -0.15) is 0 Å². The largest absolute Gasteiger partial charge is 0.444 e. The van der Waals surface area contributed by atoms with E-state index in [0.717, 1.165) is 41.3 Å². The molecule has 2 aliphatic rings. The van der Waals surface area contributed by atoms with Crippen molar-refractivity contribution in [1.82, 2.24) is 30.2 Å². The number of amides is 1. The van der Waals surface area contributed by atoms with Crippen LogP contribution in [0.1, 0.15) is 70.2 Å². The highest BCUT2D eigenvalue weighted by atomic mass is 19.1. The molecule has 6 rings (SSSR count). The molecule has 9 heteroatoms. The summed E-state index contributed by atoms with van der Waals surface area (Å²) >= 11 is 0. The Hall–Kier alpha value is -4.16. The molecule has 0 aliphatic heterocycles. The molecule has 1 amide bonds. The summed E-state index contributed by atoms with van der Waals surface area (Å²) in [6.07, 6.45) is 3.38. The Morgan fingerprint density at radius 2 is 1.79 bits per heavy atom. The second kappa shape index (κ2) is 10.9. The average Bonchev–Trinajstić information content (AvgIpc) is 3.69. The van der Waals surface area contributed by atoms with Crippen LogP contribution in [0.2, 0.25) is 0 Å². The van der Waals surface area contributed by atoms with Gasteiger partial charge >= 0.3 is 6.09 Å². The maximum Gasteiger partial charge on any atom is 0.410 e. The number of carbonyl (C=O) groups is 1. The van der Waals surface area contributed by atoms with Crippen LogP contribution < -0.4 is 5.32 Å². The van der Waals surface area contributed by atoms with Crippen molar-refractivity contribution in [2.75, 3.05) is 0 Å². The van der Waals surface area contributed by atoms with Gasteiger partial charge in [0, 0.05) is 28.8 Å². The summed E-state index contributed by atoms with van der Waals surface area (Å²) in [5, 5.41) is 3.51. The molecule has 42 heavy (non-hydrogen) atoms. The zero-order chi connectivity index (χ0) is 29.6. The molecular weight excluding hydrogens is 531 g/mol. The van der Waals surface area contributed by atoms with E-state index in [1.54, 1.807) is 23.2 Å². The third kappa shape index (κ3) is 6.50. The average molecular weight is 569 g/mol. The van der Waals surface area contributed by atoms with Crippen molar-refractivity contribution in [3.05, 3.63) is 71.2 Å². The van der Waals surface area contributed by atoms with E-state index in [9.17, 15) is 4.79 Å². The van der Waals surface area contributed by atoms with E-state index in [4.69, 9.17) is 4.74 Å². The van der Waals surface area contributed by atoms with Crippen molar-refractivity contribution < 1.29 is 13.9 Å². The lowest BCUT2D eigenvalue weighted by Gasteiger charge is -2.27. The second-order valence-electron chi connectivity index (χ2n) is 12.7. The molecule has 4 atom stereocenters. The molecule has 2 heterocycles. The van der Waals surface area contributed by atoms with Crippen LogP contribution in [-0.2, 0) is 17.8 Å². The normalized spacial score (nSPS) is 21.1. The number of aromatic amines is 2. The zero-order valence-electron chi connectivity index (χ0n) is 24.7. The molecule has 0 saturated heterocycles. The number of nitrogens with one attached hydrogen (secondary N) is 3. The topological polar surface area (TPSA) is 98.9 Å². The number of hydrogen-bond acceptors (Lipinski definition) is 5. The number of imidazole rings is 2. The van der Waals surface area contributed by atoms with E-state index >= 15 is 4.39 Å². The summed E-state index contributed by atoms with van der Waals surface area (Å²) < 4.78 is 20.8. The molecule has 218 valence electrons. The second-order valence-corrected chi connectivity index (χ2v) is 12.7. The first kappa shape index (κ1) is 28.0. The molecule has 4 aromatic rings. The lowest BCUT2D eigenvalue weighted by molar-refractivity contribution is 0.0203. The molecule has 8 nitrogen and oxygen atoms in total. The first-order valence-electron chi connectivity index (χ1n) is 14.6. The van der Waals surface area contributed by atoms with Gasteiger partial charge in [0.15, 0.2) is 0 Å². The van der Waals surface area contributed by atoms with E-state index in [1.807, 2.05) is 39.0 Å². The molecule has 0 bridgehead atoms. The van der Waals surface area contributed by atoms with E-state index in [0.29, 0.717) is 34.6 Å². The maximum atomic E-state index is 15.2. The lowest BCUT2D eigenvalue weighted by Crippen LogP contribution is -2.38. The van der Waals surface area contributed by atoms with Crippen LogP contribution in [0, 0.1) is 29.5 Å². The van der Waals surface area contributed by atoms with Gasteiger partial charge in [-0.05, 0) is 81.8 Å². The molecular formula is C33H37FN6O2. The molecule has 2 saturated carbocycles. The number of halogens is 1. The molecule has 0 spiro atoms. The Bertz CT molecular complexity index is 1690. The van der Waals surface area contributed by atoms with Crippen LogP contribution in [0.4, 0.5) is 9.18 Å². The van der Waals surface area contributed by atoms with Crippen LogP contribution in [0.3, 0.4) is 0 Å². The Morgan fingerprint density at radius 3 is 2.45 bits per heavy atom. The van der Waals surface area contributed by atoms with Gasteiger partial charge in [0.05, 0.1) is 36.0 Å². The van der Waals surface area contributed by atoms with Gasteiger partial charge in [-0.25, -0.2) is 19.2 Å². The summed E-state index contributed by atoms with van der Waals surface area (Å²) in [7, 11) is 0. The number of fused-ring (bicyclic) bond motifs is 1. The standard InChI is InChI=1S/C33H37FN6O2/c1-19-12-26(19)35-17-30-37-25-11-9-22(15-27(25)38-30)7-6-21-8-10-23(24(34)14-21)28-16-36-31(39-28)18-40(29-13-20(29)2)32(41)42-33(3,4)5/h8-11,14-16,19-20,26,29,35H,12-13,17-18H2,1-5H3,(H,36,39)(H,37,38)/t19?,20?,26?,29-/m1/s1.